The van der Waals surface area contributed by atoms with E-state index in [1.807, 2.05) is 12.1 Å². The second-order valence-corrected chi connectivity index (χ2v) is 12.8. The number of amides is 1. The smallest absolute Gasteiger partial charge is 0.324 e. The van der Waals surface area contributed by atoms with Crippen LogP contribution >= 0.6 is 46.3 Å². The van der Waals surface area contributed by atoms with Crippen LogP contribution in [0.4, 0.5) is 18.9 Å². The highest BCUT2D eigenvalue weighted by Crippen LogP contribution is 2.64. The van der Waals surface area contributed by atoms with Crippen molar-refractivity contribution in [2.75, 3.05) is 5.32 Å². The number of thioether (sulfide) groups is 1. The van der Waals surface area contributed by atoms with Crippen molar-refractivity contribution in [1.29, 1.82) is 0 Å². The number of para-hydroxylation sites is 1. The van der Waals surface area contributed by atoms with Gasteiger partial charge in [-0.1, -0.05) is 58.8 Å². The highest BCUT2D eigenvalue weighted by atomic mass is 35.5. The maximum atomic E-state index is 13.4. The molecule has 11 heteroatoms. The number of halogens is 5. The van der Waals surface area contributed by atoms with Crippen molar-refractivity contribution in [3.05, 3.63) is 78.2 Å². The quantitative estimate of drug-likeness (QED) is 0.345. The minimum atomic E-state index is -4.61. The highest BCUT2D eigenvalue weighted by molar-refractivity contribution is 8.00. The summed E-state index contributed by atoms with van der Waals surface area (Å²) in [7, 11) is 0. The minimum Gasteiger partial charge on any atom is -0.324 e. The Kier molecular flexibility index (Phi) is 6.41. The molecule has 2 aromatic carbocycles. The number of hydrogen-bond acceptors (Lipinski definition) is 4. The number of aromatic nitrogens is 1. The molecule has 2 bridgehead atoms. The van der Waals surface area contributed by atoms with E-state index < -0.39 is 17.6 Å². The monoisotopic (exact) mass is 584 g/mol. The fourth-order valence-electron chi connectivity index (χ4n) is 6.37. The molecule has 4 nitrogen and oxygen atoms in total. The molecule has 194 valence electrons. The molecule has 1 aromatic heterocycles. The summed E-state index contributed by atoms with van der Waals surface area (Å²) in [5.74, 6) is 0.558. The molecule has 3 aliphatic rings. The predicted octanol–water partition coefficient (Wildman–Crippen LogP) is 7.53. The lowest BCUT2D eigenvalue weighted by Crippen LogP contribution is -2.35. The number of nitrogens with one attached hydrogen (secondary N) is 1. The van der Waals surface area contributed by atoms with Crippen LogP contribution in [0.2, 0.25) is 10.0 Å². The maximum absolute atomic E-state index is 13.4. The number of anilines is 1. The van der Waals surface area contributed by atoms with Crippen molar-refractivity contribution in [3.8, 4) is 0 Å². The summed E-state index contributed by atoms with van der Waals surface area (Å²) in [5.41, 5.74) is -0.380. The third-order valence-corrected chi connectivity index (χ3v) is 11.5. The van der Waals surface area contributed by atoms with E-state index in [0.717, 1.165) is 47.1 Å². The highest BCUT2D eigenvalue weighted by Gasteiger charge is 2.55. The van der Waals surface area contributed by atoms with Crippen molar-refractivity contribution in [2.45, 2.75) is 48.2 Å². The van der Waals surface area contributed by atoms with Crippen molar-refractivity contribution >= 4 is 57.9 Å². The Morgan fingerprint density at radius 1 is 1.08 bits per heavy atom. The van der Waals surface area contributed by atoms with Gasteiger partial charge >= 0.3 is 11.0 Å². The zero-order valence-electron chi connectivity index (χ0n) is 19.2. The van der Waals surface area contributed by atoms with Crippen LogP contribution in [0.25, 0.3) is 0 Å². The van der Waals surface area contributed by atoms with Gasteiger partial charge in [0.2, 0.25) is 5.91 Å². The third kappa shape index (κ3) is 4.32. The van der Waals surface area contributed by atoms with Gasteiger partial charge in [0.25, 0.3) is 0 Å². The normalized spacial score (nSPS) is 26.1. The molecule has 1 N–H and O–H groups in total. The van der Waals surface area contributed by atoms with Gasteiger partial charge in [0.15, 0.2) is 0 Å². The first-order chi connectivity index (χ1) is 17.6. The predicted molar refractivity (Wildman–Crippen MR) is 141 cm³/mol. The molecular formula is C26H21Cl2F3N2O2S2. The number of alkyl halides is 3. The Balaban J connectivity index is 1.38. The van der Waals surface area contributed by atoms with Crippen LogP contribution < -0.4 is 10.2 Å². The number of benzene rings is 2. The van der Waals surface area contributed by atoms with E-state index >= 15 is 0 Å². The number of nitrogens with zero attached hydrogens (tertiary/aromatic N) is 1. The summed E-state index contributed by atoms with van der Waals surface area (Å²) in [6.07, 6.45) is -1.20. The lowest BCUT2D eigenvalue weighted by Gasteiger charge is -2.40. The van der Waals surface area contributed by atoms with E-state index in [0.29, 0.717) is 32.8 Å². The fraction of sp³-hybridized carbons (Fsp3) is 0.385. The molecule has 5 atom stereocenters. The molecule has 37 heavy (non-hydrogen) atoms. The first-order valence-electron chi connectivity index (χ1n) is 11.9. The molecule has 0 unspecified atom stereocenters. The van der Waals surface area contributed by atoms with Crippen molar-refractivity contribution in [3.63, 3.8) is 0 Å². The van der Waals surface area contributed by atoms with Gasteiger partial charge < -0.3 is 5.32 Å². The summed E-state index contributed by atoms with van der Waals surface area (Å²) in [4.78, 5) is 26.7. The second kappa shape index (κ2) is 9.36. The summed E-state index contributed by atoms with van der Waals surface area (Å²) in [5, 5.41) is 4.28. The summed E-state index contributed by atoms with van der Waals surface area (Å²) in [6, 6.07) is 10.4. The lowest BCUT2D eigenvalue weighted by atomic mass is 9.75. The number of carbonyl (C=O) groups excluding carboxylic acids is 1. The van der Waals surface area contributed by atoms with Gasteiger partial charge in [0.1, 0.15) is 6.54 Å². The number of thiazole rings is 1. The van der Waals surface area contributed by atoms with Crippen LogP contribution in [0, 0.1) is 17.8 Å². The average Bonchev–Trinajstić information content (AvgIpc) is 3.54. The molecule has 2 aliphatic carbocycles. The average molecular weight is 586 g/mol. The molecule has 1 aliphatic heterocycles. The van der Waals surface area contributed by atoms with Crippen LogP contribution in [0.15, 0.2) is 52.3 Å². The number of carbonyl (C=O) groups is 1. The molecule has 1 amide bonds. The van der Waals surface area contributed by atoms with E-state index in [1.165, 1.54) is 22.8 Å². The van der Waals surface area contributed by atoms with E-state index in [2.05, 4.69) is 5.32 Å². The van der Waals surface area contributed by atoms with E-state index in [1.54, 1.807) is 17.8 Å². The molecule has 0 spiro atoms. The largest absolute Gasteiger partial charge is 0.418 e. The van der Waals surface area contributed by atoms with E-state index in [-0.39, 0.29) is 28.3 Å². The minimum absolute atomic E-state index is 0.115. The molecule has 0 radical (unpaired) electrons. The van der Waals surface area contributed by atoms with Crippen molar-refractivity contribution < 1.29 is 18.0 Å². The Morgan fingerprint density at radius 2 is 1.84 bits per heavy atom. The SMILES string of the molecule is O=C(Cn1c2c(sc1=O)[C@@H](c1cccc(Cl)c1Cl)[C@@H]1[C@H]3CC[C@@H](C3)[C@H]1S2)Nc1ccccc1C(F)(F)F. The maximum Gasteiger partial charge on any atom is 0.418 e. The van der Waals surface area contributed by atoms with Crippen molar-refractivity contribution in [2.24, 2.45) is 17.8 Å². The van der Waals surface area contributed by atoms with Gasteiger partial charge in [0.05, 0.1) is 26.3 Å². The Labute approximate surface area is 229 Å². The zero-order valence-corrected chi connectivity index (χ0v) is 22.4. The first kappa shape index (κ1) is 25.3. The van der Waals surface area contributed by atoms with Crippen LogP contribution in [0.5, 0.6) is 0 Å². The van der Waals surface area contributed by atoms with Gasteiger partial charge in [-0.05, 0) is 60.8 Å². The molecule has 2 fully saturated rings. The standard InChI is InChI=1S/C26H21Cl2F3N2O2S2/c27-16-6-3-4-14(21(16)28)20-19-12-8-9-13(10-12)22(19)36-24-23(20)37-25(35)33(24)11-18(34)32-17-7-2-1-5-15(17)26(29,30)31/h1-7,12-13,19-20,22H,8-11H2,(H,32,34)/t12-,13-,19-,20-,22+/m0/s1. The van der Waals surface area contributed by atoms with E-state index in [4.69, 9.17) is 23.2 Å². The Hall–Kier alpha value is -1.94. The number of hydrogen-bond donors (Lipinski definition) is 1. The molecule has 0 saturated heterocycles. The molecule has 2 saturated carbocycles. The first-order valence-corrected chi connectivity index (χ1v) is 14.4. The van der Waals surface area contributed by atoms with Gasteiger partial charge in [-0.2, -0.15) is 13.2 Å². The molecule has 6 rings (SSSR count). The van der Waals surface area contributed by atoms with Crippen LogP contribution in [-0.4, -0.2) is 15.7 Å². The molecular weight excluding hydrogens is 564 g/mol. The Bertz CT molecular complexity index is 1450. The van der Waals surface area contributed by atoms with Gasteiger partial charge in [-0.3, -0.25) is 14.2 Å². The molecule has 2 heterocycles. The summed E-state index contributed by atoms with van der Waals surface area (Å²) < 4.78 is 41.6. The summed E-state index contributed by atoms with van der Waals surface area (Å²) >= 11 is 15.8. The van der Waals surface area contributed by atoms with Crippen LogP contribution in [0.1, 0.15) is 41.2 Å². The van der Waals surface area contributed by atoms with Gasteiger partial charge in [0, 0.05) is 16.0 Å². The fourth-order valence-corrected chi connectivity index (χ4v) is 9.94. The zero-order chi connectivity index (χ0) is 26.1. The van der Waals surface area contributed by atoms with Gasteiger partial charge in [-0.25, -0.2) is 0 Å². The second-order valence-electron chi connectivity index (χ2n) is 9.83. The van der Waals surface area contributed by atoms with E-state index in [9.17, 15) is 22.8 Å². The van der Waals surface area contributed by atoms with Crippen LogP contribution in [-0.2, 0) is 17.5 Å². The summed E-state index contributed by atoms with van der Waals surface area (Å²) in [6.45, 7) is -0.370. The topological polar surface area (TPSA) is 51.1 Å². The van der Waals surface area contributed by atoms with Crippen molar-refractivity contribution in [1.82, 2.24) is 4.57 Å². The number of rotatable bonds is 4. The molecule has 3 aromatic rings. The Morgan fingerprint density at radius 3 is 2.62 bits per heavy atom. The van der Waals surface area contributed by atoms with Crippen LogP contribution in [0.3, 0.4) is 0 Å². The lowest BCUT2D eigenvalue weighted by molar-refractivity contribution is -0.137. The van der Waals surface area contributed by atoms with Gasteiger partial charge in [-0.15, -0.1) is 11.8 Å². The third-order valence-electron chi connectivity index (χ3n) is 7.82. The number of fused-ring (bicyclic) bond motifs is 6.